The number of rotatable bonds is 3. The van der Waals surface area contributed by atoms with Gasteiger partial charge in [-0.05, 0) is 24.3 Å². The first-order valence-electron chi connectivity index (χ1n) is 8.40. The second-order valence-electron chi connectivity index (χ2n) is 6.24. The molecule has 0 saturated carbocycles. The molecule has 0 radical (unpaired) electrons. The molecule has 0 aliphatic carbocycles. The van der Waals surface area contributed by atoms with Crippen LogP contribution in [0.4, 0.5) is 5.69 Å². The van der Waals surface area contributed by atoms with Crippen LogP contribution < -0.4 is 14.4 Å². The van der Waals surface area contributed by atoms with E-state index in [9.17, 15) is 0 Å². The Labute approximate surface area is 147 Å². The zero-order valence-electron chi connectivity index (χ0n) is 13.5. The normalized spacial score (nSPS) is 20.9. The lowest BCUT2D eigenvalue weighted by atomic mass is 10.2. The number of benzene rings is 2. The van der Waals surface area contributed by atoms with E-state index in [4.69, 9.17) is 21.1 Å². The monoisotopic (exact) mass is 344 g/mol. The molecule has 1 unspecified atom stereocenters. The molecule has 0 spiro atoms. The molecular formula is C19H21ClN2O2. The standard InChI is InChI=1S/C19H21ClN2O2/c20-16-5-1-2-6-17(16)22-11-9-21(10-12-22)13-15-14-23-18-7-3-4-8-19(18)24-15/h1-8,15H,9-14H2. The summed E-state index contributed by atoms with van der Waals surface area (Å²) in [6.45, 7) is 5.48. The molecule has 0 N–H and O–H groups in total. The Morgan fingerprint density at radius 2 is 1.62 bits per heavy atom. The van der Waals surface area contributed by atoms with Crippen molar-refractivity contribution < 1.29 is 9.47 Å². The van der Waals surface area contributed by atoms with Gasteiger partial charge in [0, 0.05) is 32.7 Å². The highest BCUT2D eigenvalue weighted by Crippen LogP contribution is 2.31. The predicted octanol–water partition coefficient (Wildman–Crippen LogP) is 3.30. The zero-order valence-corrected chi connectivity index (χ0v) is 14.3. The molecule has 0 bridgehead atoms. The second-order valence-corrected chi connectivity index (χ2v) is 6.64. The van der Waals surface area contributed by atoms with Gasteiger partial charge in [-0.3, -0.25) is 4.90 Å². The van der Waals surface area contributed by atoms with Gasteiger partial charge in [0.1, 0.15) is 12.7 Å². The van der Waals surface area contributed by atoms with Crippen molar-refractivity contribution in [3.05, 3.63) is 53.6 Å². The third kappa shape index (κ3) is 3.30. The number of hydrogen-bond acceptors (Lipinski definition) is 4. The van der Waals surface area contributed by atoms with Gasteiger partial charge in [-0.1, -0.05) is 35.9 Å². The average Bonchev–Trinajstić information content (AvgIpc) is 2.63. The van der Waals surface area contributed by atoms with E-state index in [0.29, 0.717) is 6.61 Å². The third-order valence-corrected chi connectivity index (χ3v) is 4.91. The van der Waals surface area contributed by atoms with Gasteiger partial charge in [0.25, 0.3) is 0 Å². The highest BCUT2D eigenvalue weighted by atomic mass is 35.5. The molecule has 4 rings (SSSR count). The van der Waals surface area contributed by atoms with E-state index in [-0.39, 0.29) is 6.10 Å². The zero-order chi connectivity index (χ0) is 16.4. The average molecular weight is 345 g/mol. The van der Waals surface area contributed by atoms with Crippen molar-refractivity contribution in [2.75, 3.05) is 44.2 Å². The summed E-state index contributed by atoms with van der Waals surface area (Å²) in [4.78, 5) is 4.79. The van der Waals surface area contributed by atoms with Crippen LogP contribution in [-0.2, 0) is 0 Å². The van der Waals surface area contributed by atoms with Crippen molar-refractivity contribution in [3.63, 3.8) is 0 Å². The summed E-state index contributed by atoms with van der Waals surface area (Å²) in [7, 11) is 0. The van der Waals surface area contributed by atoms with Crippen LogP contribution in [0, 0.1) is 0 Å². The third-order valence-electron chi connectivity index (χ3n) is 4.59. The van der Waals surface area contributed by atoms with Gasteiger partial charge in [0.2, 0.25) is 0 Å². The fraction of sp³-hybridized carbons (Fsp3) is 0.368. The summed E-state index contributed by atoms with van der Waals surface area (Å²) in [5, 5.41) is 0.826. The molecule has 5 heteroatoms. The minimum atomic E-state index is 0.0896. The van der Waals surface area contributed by atoms with E-state index < -0.39 is 0 Å². The molecule has 2 aliphatic heterocycles. The van der Waals surface area contributed by atoms with Crippen molar-refractivity contribution in [1.29, 1.82) is 0 Å². The number of halogens is 1. The fourth-order valence-electron chi connectivity index (χ4n) is 3.32. The van der Waals surface area contributed by atoms with Gasteiger partial charge in [0.15, 0.2) is 11.5 Å². The summed E-state index contributed by atoms with van der Waals surface area (Å²) >= 11 is 6.31. The first kappa shape index (κ1) is 15.6. The molecule has 126 valence electrons. The first-order chi connectivity index (χ1) is 11.8. The molecule has 24 heavy (non-hydrogen) atoms. The highest BCUT2D eigenvalue weighted by molar-refractivity contribution is 6.33. The molecule has 0 amide bonds. The smallest absolute Gasteiger partial charge is 0.161 e. The number of anilines is 1. The van der Waals surface area contributed by atoms with E-state index in [2.05, 4.69) is 15.9 Å². The largest absolute Gasteiger partial charge is 0.486 e. The van der Waals surface area contributed by atoms with Crippen molar-refractivity contribution in [1.82, 2.24) is 4.90 Å². The van der Waals surface area contributed by atoms with Crippen molar-refractivity contribution in [2.45, 2.75) is 6.10 Å². The minimum Gasteiger partial charge on any atom is -0.486 e. The van der Waals surface area contributed by atoms with Crippen LogP contribution in [0.3, 0.4) is 0 Å². The number of ether oxygens (including phenoxy) is 2. The SMILES string of the molecule is Clc1ccccc1N1CCN(CC2COc3ccccc3O2)CC1. The van der Waals surface area contributed by atoms with Gasteiger partial charge in [-0.15, -0.1) is 0 Å². The topological polar surface area (TPSA) is 24.9 Å². The van der Waals surface area contributed by atoms with Crippen LogP contribution in [0.2, 0.25) is 5.02 Å². The summed E-state index contributed by atoms with van der Waals surface area (Å²) < 4.78 is 11.9. The number of hydrogen-bond donors (Lipinski definition) is 0. The van der Waals surface area contributed by atoms with E-state index in [1.807, 2.05) is 42.5 Å². The van der Waals surface area contributed by atoms with Crippen molar-refractivity contribution in [3.8, 4) is 11.5 Å². The maximum atomic E-state index is 6.31. The van der Waals surface area contributed by atoms with Gasteiger partial charge >= 0.3 is 0 Å². The molecular weight excluding hydrogens is 324 g/mol. The van der Waals surface area contributed by atoms with Gasteiger partial charge in [-0.25, -0.2) is 0 Å². The lowest BCUT2D eigenvalue weighted by Gasteiger charge is -2.38. The summed E-state index contributed by atoms with van der Waals surface area (Å²) in [5.74, 6) is 1.70. The van der Waals surface area contributed by atoms with Gasteiger partial charge in [0.05, 0.1) is 10.7 Å². The van der Waals surface area contributed by atoms with E-state index in [1.54, 1.807) is 0 Å². The van der Waals surface area contributed by atoms with Gasteiger partial charge < -0.3 is 14.4 Å². The molecule has 4 nitrogen and oxygen atoms in total. The number of fused-ring (bicyclic) bond motifs is 1. The molecule has 2 aromatic carbocycles. The number of nitrogens with zero attached hydrogens (tertiary/aromatic N) is 2. The molecule has 2 aromatic rings. The maximum absolute atomic E-state index is 6.31. The molecule has 1 fully saturated rings. The van der Waals surface area contributed by atoms with E-state index in [0.717, 1.165) is 54.9 Å². The molecule has 1 saturated heterocycles. The van der Waals surface area contributed by atoms with Crippen LogP contribution in [-0.4, -0.2) is 50.3 Å². The summed E-state index contributed by atoms with van der Waals surface area (Å²) in [6, 6.07) is 15.9. The highest BCUT2D eigenvalue weighted by Gasteiger charge is 2.25. The van der Waals surface area contributed by atoms with Crippen molar-refractivity contribution in [2.24, 2.45) is 0 Å². The van der Waals surface area contributed by atoms with Crippen molar-refractivity contribution >= 4 is 17.3 Å². The van der Waals surface area contributed by atoms with Crippen LogP contribution in [0.15, 0.2) is 48.5 Å². The summed E-state index contributed by atoms with van der Waals surface area (Å²) in [5.41, 5.74) is 1.13. The minimum absolute atomic E-state index is 0.0896. The Morgan fingerprint density at radius 3 is 2.42 bits per heavy atom. The number of piperazine rings is 1. The second kappa shape index (κ2) is 6.91. The van der Waals surface area contributed by atoms with Gasteiger partial charge in [-0.2, -0.15) is 0 Å². The first-order valence-corrected chi connectivity index (χ1v) is 8.78. The van der Waals surface area contributed by atoms with Crippen LogP contribution in [0.5, 0.6) is 11.5 Å². The van der Waals surface area contributed by atoms with Crippen LogP contribution in [0.1, 0.15) is 0 Å². The van der Waals surface area contributed by atoms with Crippen LogP contribution in [0.25, 0.3) is 0 Å². The molecule has 2 heterocycles. The fourth-order valence-corrected chi connectivity index (χ4v) is 3.58. The Bertz CT molecular complexity index is 701. The quantitative estimate of drug-likeness (QED) is 0.853. The van der Waals surface area contributed by atoms with E-state index >= 15 is 0 Å². The number of para-hydroxylation sites is 3. The molecule has 2 aliphatic rings. The summed E-state index contributed by atoms with van der Waals surface area (Å²) in [6.07, 6.45) is 0.0896. The van der Waals surface area contributed by atoms with E-state index in [1.165, 1.54) is 0 Å². The maximum Gasteiger partial charge on any atom is 0.161 e. The molecule has 1 atom stereocenters. The Morgan fingerprint density at radius 1 is 0.917 bits per heavy atom. The molecule has 0 aromatic heterocycles. The Balaban J connectivity index is 1.32. The van der Waals surface area contributed by atoms with Crippen LogP contribution >= 0.6 is 11.6 Å². The predicted molar refractivity (Wildman–Crippen MR) is 96.5 cm³/mol. The Hall–Kier alpha value is -1.91. The Kier molecular flexibility index (Phi) is 4.50. The lowest BCUT2D eigenvalue weighted by molar-refractivity contribution is 0.0571. The lowest BCUT2D eigenvalue weighted by Crippen LogP contribution is -2.50.